The largest absolute Gasteiger partial charge is 0.271 e. The summed E-state index contributed by atoms with van der Waals surface area (Å²) in [5.74, 6) is -0.479. The molecule has 1 fully saturated rings. The van der Waals surface area contributed by atoms with Crippen LogP contribution >= 0.6 is 11.8 Å². The first-order chi connectivity index (χ1) is 12.4. The van der Waals surface area contributed by atoms with Gasteiger partial charge in [-0.15, -0.1) is 11.8 Å². The molecule has 0 aromatic heterocycles. The summed E-state index contributed by atoms with van der Waals surface area (Å²) in [5, 5.41) is 11.0. The third-order valence-electron chi connectivity index (χ3n) is 4.73. The van der Waals surface area contributed by atoms with E-state index in [2.05, 4.69) is 0 Å². The van der Waals surface area contributed by atoms with Gasteiger partial charge in [0, 0.05) is 23.4 Å². The summed E-state index contributed by atoms with van der Waals surface area (Å²) < 4.78 is 0. The molecule has 0 atom stereocenters. The number of thioether (sulfide) groups is 1. The number of hydrogen-bond donors (Lipinski definition) is 0. The number of nitrogens with zero attached hydrogens (tertiary/aromatic N) is 2. The maximum atomic E-state index is 13.1. The van der Waals surface area contributed by atoms with Crippen LogP contribution in [0.15, 0.2) is 29.2 Å². The van der Waals surface area contributed by atoms with Gasteiger partial charge in [-0.2, -0.15) is 0 Å². The molecule has 0 spiro atoms. The summed E-state index contributed by atoms with van der Waals surface area (Å²) in [5.41, 5.74) is 0.915. The van der Waals surface area contributed by atoms with Crippen molar-refractivity contribution in [3.8, 4) is 0 Å². The number of carbonyl (C=O) groups is 2. The number of carbonyl (C=O) groups excluding carboxylic acids is 2. The van der Waals surface area contributed by atoms with Gasteiger partial charge in [0.2, 0.25) is 0 Å². The molecule has 0 N–H and O–H groups in total. The van der Waals surface area contributed by atoms with E-state index in [0.717, 1.165) is 32.1 Å². The number of benzene rings is 1. The molecule has 1 heterocycles. The van der Waals surface area contributed by atoms with Crippen molar-refractivity contribution in [2.75, 3.05) is 0 Å². The molecule has 0 radical (unpaired) electrons. The van der Waals surface area contributed by atoms with Crippen LogP contribution in [0.4, 0.5) is 5.69 Å². The topological polar surface area (TPSA) is 80.5 Å². The standard InChI is InChI=1S/C19H22N2O4S/c1-12(2)26-17-16(13-8-10-15(11-9-13)21(24)25)18(22)20(19(17)23)14-6-4-3-5-7-14/h8-12,14H,3-7H2,1-2H3. The van der Waals surface area contributed by atoms with E-state index in [1.165, 1.54) is 28.8 Å². The van der Waals surface area contributed by atoms with Gasteiger partial charge in [-0.05, 0) is 30.5 Å². The predicted molar refractivity (Wildman–Crippen MR) is 101 cm³/mol. The summed E-state index contributed by atoms with van der Waals surface area (Å²) >= 11 is 1.39. The monoisotopic (exact) mass is 374 g/mol. The molecule has 0 unspecified atom stereocenters. The molecule has 6 nitrogen and oxygen atoms in total. The van der Waals surface area contributed by atoms with Crippen LogP contribution in [0.3, 0.4) is 0 Å². The molecule has 1 aromatic carbocycles. The van der Waals surface area contributed by atoms with E-state index in [-0.39, 0.29) is 28.8 Å². The SMILES string of the molecule is CC(C)SC1=C(c2ccc([N+](=O)[O-])cc2)C(=O)N(C2CCCCC2)C1=O. The van der Waals surface area contributed by atoms with Crippen LogP contribution in [-0.4, -0.2) is 32.9 Å². The van der Waals surface area contributed by atoms with Crippen LogP contribution in [-0.2, 0) is 9.59 Å². The van der Waals surface area contributed by atoms with Crippen molar-refractivity contribution >= 4 is 34.8 Å². The van der Waals surface area contributed by atoms with Crippen LogP contribution in [0.5, 0.6) is 0 Å². The Morgan fingerprint density at radius 1 is 1.08 bits per heavy atom. The van der Waals surface area contributed by atoms with Gasteiger partial charge in [0.25, 0.3) is 17.5 Å². The number of nitro benzene ring substituents is 1. The zero-order valence-corrected chi connectivity index (χ0v) is 15.8. The number of rotatable bonds is 5. The molecule has 1 aromatic rings. The lowest BCUT2D eigenvalue weighted by Crippen LogP contribution is -2.42. The average molecular weight is 374 g/mol. The van der Waals surface area contributed by atoms with Gasteiger partial charge in [-0.3, -0.25) is 24.6 Å². The Hall–Kier alpha value is -2.15. The second-order valence-corrected chi connectivity index (χ2v) is 8.53. The molecule has 1 aliphatic heterocycles. The molecule has 1 saturated carbocycles. The number of nitro groups is 1. The quantitative estimate of drug-likeness (QED) is 0.439. The Bertz CT molecular complexity index is 764. The minimum Gasteiger partial charge on any atom is -0.271 e. The lowest BCUT2D eigenvalue weighted by Gasteiger charge is -2.30. The summed E-state index contributed by atoms with van der Waals surface area (Å²) in [6, 6.07) is 5.83. The average Bonchev–Trinajstić information content (AvgIpc) is 2.85. The lowest BCUT2D eigenvalue weighted by molar-refractivity contribution is -0.384. The van der Waals surface area contributed by atoms with Gasteiger partial charge < -0.3 is 0 Å². The summed E-state index contributed by atoms with van der Waals surface area (Å²) in [6.45, 7) is 3.96. The van der Waals surface area contributed by atoms with Crippen LogP contribution in [0.1, 0.15) is 51.5 Å². The first-order valence-corrected chi connectivity index (χ1v) is 9.81. The van der Waals surface area contributed by atoms with E-state index in [1.807, 2.05) is 13.8 Å². The Labute approximate surface area is 156 Å². The minimum absolute atomic E-state index is 0.0340. The van der Waals surface area contributed by atoms with Crippen molar-refractivity contribution in [1.82, 2.24) is 4.90 Å². The highest BCUT2D eigenvalue weighted by molar-refractivity contribution is 8.04. The third kappa shape index (κ3) is 3.53. The second-order valence-electron chi connectivity index (χ2n) is 6.95. The van der Waals surface area contributed by atoms with Crippen LogP contribution in [0, 0.1) is 10.1 Å². The maximum absolute atomic E-state index is 13.1. The molecule has 3 rings (SSSR count). The Balaban J connectivity index is 1.99. The molecule has 7 heteroatoms. The highest BCUT2D eigenvalue weighted by Gasteiger charge is 2.43. The van der Waals surface area contributed by atoms with E-state index in [4.69, 9.17) is 0 Å². The molecule has 0 bridgehead atoms. The van der Waals surface area contributed by atoms with Gasteiger partial charge >= 0.3 is 0 Å². The summed E-state index contributed by atoms with van der Waals surface area (Å²) in [7, 11) is 0. The van der Waals surface area contributed by atoms with E-state index < -0.39 is 4.92 Å². The van der Waals surface area contributed by atoms with Crippen molar-refractivity contribution in [2.45, 2.75) is 57.2 Å². The zero-order chi connectivity index (χ0) is 18.8. The summed E-state index contributed by atoms with van der Waals surface area (Å²) in [4.78, 5) is 38.5. The first-order valence-electron chi connectivity index (χ1n) is 8.93. The van der Waals surface area contributed by atoms with Gasteiger partial charge in [-0.25, -0.2) is 0 Å². The molecule has 2 aliphatic rings. The van der Waals surface area contributed by atoms with Gasteiger partial charge in [0.05, 0.1) is 15.4 Å². The molecular formula is C19H22N2O4S. The number of non-ortho nitro benzene ring substituents is 1. The molecule has 0 saturated heterocycles. The lowest BCUT2D eigenvalue weighted by atomic mass is 9.94. The fraction of sp³-hybridized carbons (Fsp3) is 0.474. The van der Waals surface area contributed by atoms with Crippen molar-refractivity contribution in [2.24, 2.45) is 0 Å². The second kappa shape index (κ2) is 7.61. The van der Waals surface area contributed by atoms with Crippen LogP contribution in [0.2, 0.25) is 0 Å². The number of amides is 2. The van der Waals surface area contributed by atoms with Crippen molar-refractivity contribution in [3.05, 3.63) is 44.8 Å². The highest BCUT2D eigenvalue weighted by atomic mass is 32.2. The fourth-order valence-electron chi connectivity index (χ4n) is 3.55. The summed E-state index contributed by atoms with van der Waals surface area (Å²) in [6.07, 6.45) is 4.90. The zero-order valence-electron chi connectivity index (χ0n) is 14.9. The Kier molecular flexibility index (Phi) is 5.46. The molecule has 1 aliphatic carbocycles. The van der Waals surface area contributed by atoms with E-state index in [9.17, 15) is 19.7 Å². The number of hydrogen-bond acceptors (Lipinski definition) is 5. The van der Waals surface area contributed by atoms with Crippen LogP contribution in [0.25, 0.3) is 5.57 Å². The predicted octanol–water partition coefficient (Wildman–Crippen LogP) is 4.15. The fourth-order valence-corrected chi connectivity index (χ4v) is 4.54. The smallest absolute Gasteiger partial charge is 0.269 e. The van der Waals surface area contributed by atoms with Crippen molar-refractivity contribution in [3.63, 3.8) is 0 Å². The maximum Gasteiger partial charge on any atom is 0.269 e. The van der Waals surface area contributed by atoms with Crippen molar-refractivity contribution in [1.29, 1.82) is 0 Å². The van der Waals surface area contributed by atoms with Gasteiger partial charge in [-0.1, -0.05) is 33.1 Å². The first kappa shape index (κ1) is 18.6. The molecular weight excluding hydrogens is 352 g/mol. The van der Waals surface area contributed by atoms with E-state index in [0.29, 0.717) is 16.0 Å². The van der Waals surface area contributed by atoms with E-state index in [1.54, 1.807) is 12.1 Å². The van der Waals surface area contributed by atoms with Gasteiger partial charge in [0.15, 0.2) is 0 Å². The molecule has 26 heavy (non-hydrogen) atoms. The highest BCUT2D eigenvalue weighted by Crippen LogP contribution is 2.40. The van der Waals surface area contributed by atoms with E-state index >= 15 is 0 Å². The minimum atomic E-state index is -0.474. The van der Waals surface area contributed by atoms with Crippen LogP contribution < -0.4 is 0 Å². The normalized spacial score (nSPS) is 19.0. The number of imide groups is 1. The molecule has 2 amide bonds. The molecule has 138 valence electrons. The van der Waals surface area contributed by atoms with Gasteiger partial charge in [0.1, 0.15) is 0 Å². The van der Waals surface area contributed by atoms with Crippen molar-refractivity contribution < 1.29 is 14.5 Å². The third-order valence-corrected chi connectivity index (χ3v) is 5.82. The Morgan fingerprint density at radius 3 is 2.23 bits per heavy atom. The Morgan fingerprint density at radius 2 is 1.69 bits per heavy atom.